The predicted octanol–water partition coefficient (Wildman–Crippen LogP) is 5.04. The molecule has 30 heavy (non-hydrogen) atoms. The Kier molecular flexibility index (Phi) is 5.12. The number of rotatable bonds is 6. The maximum absolute atomic E-state index is 5.39. The number of thiophene rings is 1. The van der Waals surface area contributed by atoms with Crippen LogP contribution < -0.4 is 0 Å². The molecule has 4 heterocycles. The van der Waals surface area contributed by atoms with Crippen molar-refractivity contribution < 1.29 is 4.52 Å². The zero-order valence-corrected chi connectivity index (χ0v) is 17.6. The molecule has 5 rings (SSSR count). The SMILES string of the molecule is Cc1ccc(-n2c(SCc3noc(-c4cccs4)n3)nnc2-c2ccncc2)cc1. The van der Waals surface area contributed by atoms with Crippen LogP contribution in [-0.4, -0.2) is 29.9 Å². The van der Waals surface area contributed by atoms with E-state index in [-0.39, 0.29) is 0 Å². The molecule has 0 aliphatic rings. The second kappa shape index (κ2) is 8.21. The molecule has 0 saturated heterocycles. The van der Waals surface area contributed by atoms with Crippen LogP contribution in [0.3, 0.4) is 0 Å². The lowest BCUT2D eigenvalue weighted by Gasteiger charge is -2.10. The van der Waals surface area contributed by atoms with Crippen LogP contribution >= 0.6 is 23.1 Å². The van der Waals surface area contributed by atoms with Gasteiger partial charge in [0.15, 0.2) is 16.8 Å². The van der Waals surface area contributed by atoms with E-state index in [1.807, 2.05) is 34.2 Å². The standard InChI is InChI=1S/C21H16N6OS2/c1-14-4-6-16(7-5-14)27-19(15-8-10-22-11-9-15)24-25-21(27)30-13-18-23-20(28-26-18)17-3-2-12-29-17/h2-12H,13H2,1H3. The molecule has 0 radical (unpaired) electrons. The number of hydrogen-bond acceptors (Lipinski definition) is 8. The zero-order valence-electron chi connectivity index (χ0n) is 16.0. The fourth-order valence-electron chi connectivity index (χ4n) is 2.92. The molecule has 0 bridgehead atoms. The monoisotopic (exact) mass is 432 g/mol. The molecule has 0 unspecified atom stereocenters. The molecule has 0 atom stereocenters. The van der Waals surface area contributed by atoms with Crippen LogP contribution in [0.1, 0.15) is 11.4 Å². The number of aryl methyl sites for hydroxylation is 1. The van der Waals surface area contributed by atoms with Gasteiger partial charge in [-0.1, -0.05) is 40.7 Å². The van der Waals surface area contributed by atoms with Crippen LogP contribution in [-0.2, 0) is 5.75 Å². The lowest BCUT2D eigenvalue weighted by molar-refractivity contribution is 0.426. The Morgan fingerprint density at radius 2 is 1.87 bits per heavy atom. The minimum absolute atomic E-state index is 0.523. The Bertz CT molecular complexity index is 1250. The first kappa shape index (κ1) is 18.7. The molecular formula is C21H16N6OS2. The average Bonchev–Trinajstić information content (AvgIpc) is 3.53. The number of nitrogens with zero attached hydrogens (tertiary/aromatic N) is 6. The lowest BCUT2D eigenvalue weighted by Crippen LogP contribution is -2.00. The fraction of sp³-hybridized carbons (Fsp3) is 0.0952. The van der Waals surface area contributed by atoms with Crippen molar-refractivity contribution in [2.75, 3.05) is 0 Å². The third kappa shape index (κ3) is 3.77. The molecule has 0 aliphatic carbocycles. The largest absolute Gasteiger partial charge is 0.333 e. The summed E-state index contributed by atoms with van der Waals surface area (Å²) in [5, 5.41) is 15.7. The molecule has 5 aromatic rings. The summed E-state index contributed by atoms with van der Waals surface area (Å²) >= 11 is 3.09. The van der Waals surface area contributed by atoms with Crippen LogP contribution in [0.15, 0.2) is 76.0 Å². The maximum atomic E-state index is 5.39. The molecule has 1 aromatic carbocycles. The van der Waals surface area contributed by atoms with E-state index >= 15 is 0 Å². The van der Waals surface area contributed by atoms with Crippen molar-refractivity contribution >= 4 is 23.1 Å². The minimum Gasteiger partial charge on any atom is -0.333 e. The highest BCUT2D eigenvalue weighted by atomic mass is 32.2. The van der Waals surface area contributed by atoms with Crippen LogP contribution in [0.5, 0.6) is 0 Å². The Balaban J connectivity index is 1.46. The van der Waals surface area contributed by atoms with E-state index in [4.69, 9.17) is 4.52 Å². The van der Waals surface area contributed by atoms with Crippen molar-refractivity contribution in [1.82, 2.24) is 29.9 Å². The third-order valence-electron chi connectivity index (χ3n) is 4.39. The van der Waals surface area contributed by atoms with Gasteiger partial charge in [0, 0.05) is 23.6 Å². The number of thioether (sulfide) groups is 1. The van der Waals surface area contributed by atoms with Crippen molar-refractivity contribution in [3.8, 4) is 27.8 Å². The van der Waals surface area contributed by atoms with Crippen molar-refractivity contribution in [2.45, 2.75) is 17.8 Å². The molecule has 0 aliphatic heterocycles. The summed E-state index contributed by atoms with van der Waals surface area (Å²) < 4.78 is 7.43. The first-order valence-electron chi connectivity index (χ1n) is 9.20. The van der Waals surface area contributed by atoms with Gasteiger partial charge in [-0.3, -0.25) is 9.55 Å². The second-order valence-electron chi connectivity index (χ2n) is 6.49. The van der Waals surface area contributed by atoms with E-state index in [0.717, 1.165) is 27.1 Å². The molecule has 0 fully saturated rings. The van der Waals surface area contributed by atoms with Gasteiger partial charge in [-0.05, 0) is 42.6 Å². The second-order valence-corrected chi connectivity index (χ2v) is 8.38. The van der Waals surface area contributed by atoms with E-state index in [1.54, 1.807) is 23.7 Å². The van der Waals surface area contributed by atoms with E-state index in [9.17, 15) is 0 Å². The van der Waals surface area contributed by atoms with Crippen LogP contribution in [0, 0.1) is 6.92 Å². The van der Waals surface area contributed by atoms with Crippen LogP contribution in [0.25, 0.3) is 27.8 Å². The molecule has 148 valence electrons. The third-order valence-corrected chi connectivity index (χ3v) is 6.18. The lowest BCUT2D eigenvalue weighted by atomic mass is 10.2. The first-order chi connectivity index (χ1) is 14.8. The Hall–Kier alpha value is -3.30. The fourth-order valence-corrected chi connectivity index (χ4v) is 4.36. The van der Waals surface area contributed by atoms with Gasteiger partial charge in [-0.25, -0.2) is 0 Å². The summed E-state index contributed by atoms with van der Waals surface area (Å²) in [4.78, 5) is 9.55. The quantitative estimate of drug-likeness (QED) is 0.348. The topological polar surface area (TPSA) is 82.5 Å². The highest BCUT2D eigenvalue weighted by Crippen LogP contribution is 2.30. The van der Waals surface area contributed by atoms with Gasteiger partial charge in [0.05, 0.1) is 10.6 Å². The smallest absolute Gasteiger partial charge is 0.268 e. The molecule has 4 aromatic heterocycles. The van der Waals surface area contributed by atoms with E-state index in [2.05, 4.69) is 56.5 Å². The summed E-state index contributed by atoms with van der Waals surface area (Å²) in [5.74, 6) is 2.44. The molecular weight excluding hydrogens is 416 g/mol. The number of benzene rings is 1. The normalized spacial score (nSPS) is 11.1. The number of aromatic nitrogens is 6. The zero-order chi connectivity index (χ0) is 20.3. The first-order valence-corrected chi connectivity index (χ1v) is 11.1. The highest BCUT2D eigenvalue weighted by molar-refractivity contribution is 7.98. The number of hydrogen-bond donors (Lipinski definition) is 0. The van der Waals surface area contributed by atoms with Crippen molar-refractivity contribution in [3.05, 3.63) is 77.7 Å². The van der Waals surface area contributed by atoms with Gasteiger partial charge < -0.3 is 4.52 Å². The molecule has 0 N–H and O–H groups in total. The van der Waals surface area contributed by atoms with Gasteiger partial charge in [-0.15, -0.1) is 21.5 Å². The van der Waals surface area contributed by atoms with E-state index < -0.39 is 0 Å². The van der Waals surface area contributed by atoms with Crippen molar-refractivity contribution in [2.24, 2.45) is 0 Å². The summed E-state index contributed by atoms with van der Waals surface area (Å²) in [6.07, 6.45) is 3.50. The average molecular weight is 433 g/mol. The van der Waals surface area contributed by atoms with Crippen LogP contribution in [0.4, 0.5) is 0 Å². The van der Waals surface area contributed by atoms with Crippen molar-refractivity contribution in [3.63, 3.8) is 0 Å². The van der Waals surface area contributed by atoms with Gasteiger partial charge in [0.1, 0.15) is 0 Å². The molecule has 7 nitrogen and oxygen atoms in total. The van der Waals surface area contributed by atoms with Gasteiger partial charge >= 0.3 is 0 Å². The van der Waals surface area contributed by atoms with Crippen LogP contribution in [0.2, 0.25) is 0 Å². The minimum atomic E-state index is 0.523. The predicted molar refractivity (Wildman–Crippen MR) is 116 cm³/mol. The van der Waals surface area contributed by atoms with Gasteiger partial charge in [0.2, 0.25) is 0 Å². The molecule has 0 spiro atoms. The summed E-state index contributed by atoms with van der Waals surface area (Å²) in [6.45, 7) is 2.07. The molecule has 0 saturated carbocycles. The van der Waals surface area contributed by atoms with Crippen molar-refractivity contribution in [1.29, 1.82) is 0 Å². The van der Waals surface area contributed by atoms with Gasteiger partial charge in [0.25, 0.3) is 5.89 Å². The summed E-state index contributed by atoms with van der Waals surface area (Å²) in [5.41, 5.74) is 3.14. The number of pyridine rings is 1. The van der Waals surface area contributed by atoms with E-state index in [1.165, 1.54) is 17.3 Å². The molecule has 0 amide bonds. The Morgan fingerprint density at radius 1 is 1.03 bits per heavy atom. The highest BCUT2D eigenvalue weighted by Gasteiger charge is 2.18. The van der Waals surface area contributed by atoms with E-state index in [0.29, 0.717) is 17.5 Å². The van der Waals surface area contributed by atoms with Gasteiger partial charge in [-0.2, -0.15) is 4.98 Å². The molecule has 9 heteroatoms. The Morgan fingerprint density at radius 3 is 2.63 bits per heavy atom. The Labute approximate surface area is 180 Å². The summed E-state index contributed by atoms with van der Waals surface area (Å²) in [7, 11) is 0. The maximum Gasteiger partial charge on any atom is 0.268 e. The summed E-state index contributed by atoms with van der Waals surface area (Å²) in [6, 6.07) is 16.1.